The summed E-state index contributed by atoms with van der Waals surface area (Å²) in [4.78, 5) is 11.5. The number of aliphatic hydroxyl groups is 3. The highest BCUT2D eigenvalue weighted by atomic mass is 35.5. The smallest absolute Gasteiger partial charge is 0.317 e. The molecule has 5 fully saturated rings. The molecule has 6 aromatic rings. The molecule has 0 radical (unpaired) electrons. The van der Waals surface area contributed by atoms with Crippen molar-refractivity contribution in [3.8, 4) is 6.07 Å². The number of nitrogens with zero attached hydrogens (tertiary/aromatic N) is 1. The minimum atomic E-state index is -2.53. The Morgan fingerprint density at radius 1 is 0.643 bits per heavy atom. The van der Waals surface area contributed by atoms with Crippen molar-refractivity contribution in [3.05, 3.63) is 204 Å². The van der Waals surface area contributed by atoms with Gasteiger partial charge in [-0.1, -0.05) is 203 Å². The Morgan fingerprint density at radius 2 is 1.07 bits per heavy atom. The third kappa shape index (κ3) is 11.8. The molecule has 0 amide bonds. The zero-order valence-corrected chi connectivity index (χ0v) is 42.5. The Kier molecular flexibility index (Phi) is 17.7. The number of alkyl halides is 1. The van der Waals surface area contributed by atoms with Gasteiger partial charge < -0.3 is 29.2 Å². The van der Waals surface area contributed by atoms with E-state index in [2.05, 4.69) is 112 Å². The molecule has 0 aromatic heterocycles. The van der Waals surface area contributed by atoms with Crippen molar-refractivity contribution in [2.45, 2.75) is 73.8 Å². The third-order valence-corrected chi connectivity index (χ3v) is 20.1. The summed E-state index contributed by atoms with van der Waals surface area (Å²) >= 11 is 5.27. The van der Waals surface area contributed by atoms with Crippen molar-refractivity contribution in [3.63, 3.8) is 0 Å². The quantitative estimate of drug-likeness (QED) is 0.0452. The van der Waals surface area contributed by atoms with Crippen LogP contribution < -0.4 is 10.4 Å². The number of hydrogen-bond donors (Lipinski definition) is 3. The van der Waals surface area contributed by atoms with Crippen LogP contribution >= 0.6 is 11.6 Å². The average Bonchev–Trinajstić information content (AvgIpc) is 4.25. The summed E-state index contributed by atoms with van der Waals surface area (Å²) in [5, 5.41) is 39.4. The lowest BCUT2D eigenvalue weighted by atomic mass is 9.94. The first-order chi connectivity index (χ1) is 34.0. The number of hydrogen-bond acceptors (Lipinski definition) is 8. The van der Waals surface area contributed by atoms with Gasteiger partial charge in [0.15, 0.2) is 0 Å². The van der Waals surface area contributed by atoms with Gasteiger partial charge in [0.05, 0.1) is 56.3 Å². The van der Waals surface area contributed by atoms with Crippen LogP contribution in [0.15, 0.2) is 182 Å². The minimum Gasteiger partial charge on any atom is -0.465 e. The van der Waals surface area contributed by atoms with E-state index in [4.69, 9.17) is 35.9 Å². The molecule has 10 heteroatoms. The molecule has 3 N–H and O–H groups in total. The third-order valence-electron chi connectivity index (χ3n) is 14.7. The van der Waals surface area contributed by atoms with Crippen LogP contribution in [0.5, 0.6) is 0 Å². The second-order valence-corrected chi connectivity index (χ2v) is 24.7. The van der Waals surface area contributed by atoms with E-state index < -0.39 is 8.32 Å². The fourth-order valence-electron chi connectivity index (χ4n) is 10.2. The Balaban J connectivity index is 0.000000148. The van der Waals surface area contributed by atoms with Crippen molar-refractivity contribution >= 4 is 36.3 Å². The van der Waals surface area contributed by atoms with Gasteiger partial charge in [-0.25, -0.2) is 0 Å². The number of carbonyl (C=O) groups excluding carboxylic acids is 1. The number of cyclic esters (lactones) is 1. The lowest BCUT2D eigenvalue weighted by Crippen LogP contribution is -2.66. The molecular formula is C60H68ClNO7Si. The van der Waals surface area contributed by atoms with Crippen LogP contribution in [0.3, 0.4) is 0 Å². The molecule has 11 rings (SSSR count). The van der Waals surface area contributed by atoms with E-state index in [1.54, 1.807) is 0 Å². The molecule has 8 nitrogen and oxygen atoms in total. The SMILES string of the molecule is CC(C)(C)[Si](OC[C@@H]1C[C@@]1(CO)c1ccccc1)(c1ccccc1)c1ccccc1.ClC[C@H]1CO1.N#CCc1ccccc1.O=C1OC[C@@H]2C[C@]12c1ccccc1.OC[C@@H]1C[C@@]1(CO)c1ccccc1. The molecular weight excluding hydrogens is 910 g/mol. The highest BCUT2D eigenvalue weighted by molar-refractivity contribution is 6.99. The number of fused-ring (bicyclic) bond motifs is 1. The van der Waals surface area contributed by atoms with Crippen LogP contribution in [0.1, 0.15) is 62.3 Å². The largest absolute Gasteiger partial charge is 0.465 e. The molecule has 2 heterocycles. The maximum absolute atomic E-state index is 11.5. The van der Waals surface area contributed by atoms with Crippen molar-refractivity contribution in [2.75, 3.05) is 45.5 Å². The number of ether oxygens (including phenoxy) is 2. The molecule has 7 atom stereocenters. The van der Waals surface area contributed by atoms with Crippen LogP contribution in [0.4, 0.5) is 0 Å². The summed E-state index contributed by atoms with van der Waals surface area (Å²) in [5.41, 5.74) is 4.03. The summed E-state index contributed by atoms with van der Waals surface area (Å²) in [6.45, 7) is 9.58. The van der Waals surface area contributed by atoms with Gasteiger partial charge in [0.1, 0.15) is 0 Å². The summed E-state index contributed by atoms with van der Waals surface area (Å²) in [6.07, 6.45) is 3.78. The highest BCUT2D eigenvalue weighted by Crippen LogP contribution is 2.59. The zero-order valence-electron chi connectivity index (χ0n) is 40.7. The predicted octanol–water partition coefficient (Wildman–Crippen LogP) is 9.32. The molecule has 366 valence electrons. The molecule has 3 aliphatic carbocycles. The van der Waals surface area contributed by atoms with Gasteiger partial charge in [0.25, 0.3) is 8.32 Å². The van der Waals surface area contributed by atoms with E-state index >= 15 is 0 Å². The number of rotatable bonds is 13. The summed E-state index contributed by atoms with van der Waals surface area (Å²) in [6, 6.07) is 63.7. The van der Waals surface area contributed by atoms with Crippen LogP contribution in [-0.4, -0.2) is 81.2 Å². The fraction of sp³-hybridized carbons (Fsp3) is 0.367. The van der Waals surface area contributed by atoms with E-state index in [9.17, 15) is 15.0 Å². The maximum atomic E-state index is 11.5. The summed E-state index contributed by atoms with van der Waals surface area (Å²) in [7, 11) is -2.53. The van der Waals surface area contributed by atoms with Crippen molar-refractivity contribution in [2.24, 2.45) is 17.8 Å². The average molecular weight is 979 g/mol. The van der Waals surface area contributed by atoms with Crippen molar-refractivity contribution in [1.82, 2.24) is 0 Å². The van der Waals surface area contributed by atoms with E-state index in [0.29, 0.717) is 43.5 Å². The van der Waals surface area contributed by atoms with Gasteiger partial charge in [0.2, 0.25) is 0 Å². The summed E-state index contributed by atoms with van der Waals surface area (Å²) in [5.74, 6) is 1.68. The Hall–Kier alpha value is -5.41. The molecule has 0 unspecified atom stereocenters. The number of esters is 1. The van der Waals surface area contributed by atoms with E-state index in [1.807, 2.05) is 97.1 Å². The van der Waals surface area contributed by atoms with Gasteiger partial charge in [-0.05, 0) is 68.8 Å². The topological polar surface area (TPSA) is 133 Å². The normalized spacial score (nSPS) is 25.1. The predicted molar refractivity (Wildman–Crippen MR) is 281 cm³/mol. The fourth-order valence-corrected chi connectivity index (χ4v) is 14.9. The van der Waals surface area contributed by atoms with Crippen molar-refractivity contribution < 1.29 is 34.0 Å². The standard InChI is InChI=1S/C27H32O2Si.C11H10O2.C11H14O2.C8H7N.C3H5ClO/c1-26(2,3)30(24-15-9-5-10-16-24,25-17-11-6-12-18-25)29-20-23-19-27(23,21-28)22-13-7-4-8-14-22;12-10-11(6-9(11)7-13-10)8-4-2-1-3-5-8;12-7-10-6-11(10,8-13)9-4-2-1-3-5-9;9-7-6-8-4-2-1-3-5-8;4-1-3-2-5-3/h4-18,23,28H,19-21H2,1-3H3;1-5,9H,6-7H2;1-5,10,12-13H,6-8H2;1-5H,6H2;3H,1-2H2/t23-,27+;9-,11+;10-,11+;;3-/m000.0/s1. The number of benzene rings is 6. The van der Waals surface area contributed by atoms with Crippen LogP contribution in [-0.2, 0) is 41.4 Å². The first-order valence-corrected chi connectivity index (χ1v) is 26.9. The first kappa shape index (κ1) is 52.4. The van der Waals surface area contributed by atoms with E-state index in [1.165, 1.54) is 15.9 Å². The number of nitriles is 1. The molecule has 5 aliphatic rings. The number of halogens is 1. The molecule has 0 spiro atoms. The van der Waals surface area contributed by atoms with Crippen LogP contribution in [0, 0.1) is 29.1 Å². The van der Waals surface area contributed by atoms with Crippen LogP contribution in [0.25, 0.3) is 0 Å². The number of epoxide rings is 1. The molecule has 0 bridgehead atoms. The molecule has 70 heavy (non-hydrogen) atoms. The second-order valence-electron chi connectivity index (χ2n) is 20.1. The monoisotopic (exact) mass is 977 g/mol. The lowest BCUT2D eigenvalue weighted by Gasteiger charge is -2.43. The lowest BCUT2D eigenvalue weighted by molar-refractivity contribution is -0.142. The van der Waals surface area contributed by atoms with Crippen LogP contribution in [0.2, 0.25) is 5.04 Å². The van der Waals surface area contributed by atoms with Gasteiger partial charge in [0, 0.05) is 30.0 Å². The second kappa shape index (κ2) is 23.7. The van der Waals surface area contributed by atoms with E-state index in [0.717, 1.165) is 42.6 Å². The Morgan fingerprint density at radius 3 is 1.41 bits per heavy atom. The molecule has 6 aromatic carbocycles. The van der Waals surface area contributed by atoms with E-state index in [-0.39, 0.29) is 53.0 Å². The highest BCUT2D eigenvalue weighted by Gasteiger charge is 2.66. The van der Waals surface area contributed by atoms with Gasteiger partial charge in [-0.15, -0.1) is 11.6 Å². The van der Waals surface area contributed by atoms with Gasteiger partial charge in [-0.2, -0.15) is 5.26 Å². The Bertz CT molecular complexity index is 2520. The molecule has 2 saturated heterocycles. The Labute approximate surface area is 421 Å². The summed E-state index contributed by atoms with van der Waals surface area (Å²) < 4.78 is 16.9. The first-order valence-electron chi connectivity index (χ1n) is 24.5. The van der Waals surface area contributed by atoms with Crippen molar-refractivity contribution in [1.29, 1.82) is 5.26 Å². The van der Waals surface area contributed by atoms with Gasteiger partial charge in [-0.3, -0.25) is 4.79 Å². The number of carbonyl (C=O) groups is 1. The molecule has 3 saturated carbocycles. The molecule has 2 aliphatic heterocycles. The minimum absolute atomic E-state index is 0.0244. The maximum Gasteiger partial charge on any atom is 0.317 e. The zero-order chi connectivity index (χ0) is 49.7. The van der Waals surface area contributed by atoms with Gasteiger partial charge >= 0.3 is 5.97 Å². The number of aliphatic hydroxyl groups excluding tert-OH is 3.